The highest BCUT2D eigenvalue weighted by Gasteiger charge is 2.52. The molecule has 0 saturated carbocycles. The van der Waals surface area contributed by atoms with Crippen molar-refractivity contribution >= 4 is 29.3 Å². The second kappa shape index (κ2) is 5.43. The average Bonchev–Trinajstić information content (AvgIpc) is 3.04. The first-order valence-electron chi connectivity index (χ1n) is 7.35. The molecule has 3 amide bonds. The van der Waals surface area contributed by atoms with Crippen LogP contribution >= 0.6 is 0 Å². The first kappa shape index (κ1) is 16.2. The van der Waals surface area contributed by atoms with Crippen LogP contribution in [0.5, 0.6) is 0 Å². The SMILES string of the molecule is CCN1C(=O)C(F)(F)c2cc(N3C[C@H](C(=O)NC)OC3=O)ccc21. The number of halogens is 2. The van der Waals surface area contributed by atoms with Crippen LogP contribution in [0.15, 0.2) is 18.2 Å². The molecule has 1 atom stereocenters. The van der Waals surface area contributed by atoms with Crippen LogP contribution in [-0.4, -0.2) is 44.1 Å². The van der Waals surface area contributed by atoms with Gasteiger partial charge in [0, 0.05) is 19.3 Å². The van der Waals surface area contributed by atoms with Crippen molar-refractivity contribution in [1.29, 1.82) is 0 Å². The molecule has 0 unspecified atom stereocenters. The van der Waals surface area contributed by atoms with Crippen LogP contribution < -0.4 is 15.1 Å². The summed E-state index contributed by atoms with van der Waals surface area (Å²) in [4.78, 5) is 37.4. The van der Waals surface area contributed by atoms with Crippen molar-refractivity contribution in [2.45, 2.75) is 19.0 Å². The zero-order chi connectivity index (χ0) is 17.6. The fourth-order valence-electron chi connectivity index (χ4n) is 2.86. The smallest absolute Gasteiger partial charge is 0.415 e. The Kier molecular flexibility index (Phi) is 3.66. The van der Waals surface area contributed by atoms with E-state index < -0.39 is 35.5 Å². The van der Waals surface area contributed by atoms with Crippen LogP contribution in [-0.2, 0) is 20.2 Å². The fraction of sp³-hybridized carbons (Fsp3) is 0.400. The number of hydrogen-bond acceptors (Lipinski definition) is 4. The van der Waals surface area contributed by atoms with Gasteiger partial charge in [-0.3, -0.25) is 14.5 Å². The van der Waals surface area contributed by atoms with E-state index in [9.17, 15) is 23.2 Å². The molecule has 2 aliphatic rings. The Balaban J connectivity index is 1.96. The molecule has 7 nitrogen and oxygen atoms in total. The van der Waals surface area contributed by atoms with Gasteiger partial charge < -0.3 is 15.0 Å². The third kappa shape index (κ3) is 2.19. The van der Waals surface area contributed by atoms with Gasteiger partial charge in [-0.05, 0) is 25.1 Å². The highest BCUT2D eigenvalue weighted by Crippen LogP contribution is 2.45. The molecule has 0 spiro atoms. The van der Waals surface area contributed by atoms with Crippen molar-refractivity contribution in [2.24, 2.45) is 0 Å². The summed E-state index contributed by atoms with van der Waals surface area (Å²) in [5.74, 6) is -5.42. The molecule has 128 valence electrons. The van der Waals surface area contributed by atoms with Crippen LogP contribution in [0, 0.1) is 0 Å². The summed E-state index contributed by atoms with van der Waals surface area (Å²) >= 11 is 0. The third-order valence-corrected chi connectivity index (χ3v) is 4.10. The average molecular weight is 339 g/mol. The lowest BCUT2D eigenvalue weighted by Gasteiger charge is -2.16. The summed E-state index contributed by atoms with van der Waals surface area (Å²) in [7, 11) is 1.40. The number of benzene rings is 1. The van der Waals surface area contributed by atoms with Gasteiger partial charge in [0.05, 0.1) is 17.8 Å². The van der Waals surface area contributed by atoms with E-state index in [4.69, 9.17) is 4.74 Å². The van der Waals surface area contributed by atoms with Crippen LogP contribution in [0.2, 0.25) is 0 Å². The van der Waals surface area contributed by atoms with Gasteiger partial charge in [-0.2, -0.15) is 8.78 Å². The van der Waals surface area contributed by atoms with Crippen molar-refractivity contribution in [3.05, 3.63) is 23.8 Å². The number of amides is 3. The molecule has 0 radical (unpaired) electrons. The number of rotatable bonds is 3. The molecule has 0 aromatic heterocycles. The maximum absolute atomic E-state index is 14.2. The Morgan fingerprint density at radius 2 is 2.12 bits per heavy atom. The summed E-state index contributed by atoms with van der Waals surface area (Å²) in [5, 5.41) is 2.36. The molecule has 0 aliphatic carbocycles. The predicted molar refractivity (Wildman–Crippen MR) is 80.0 cm³/mol. The Labute approximate surface area is 136 Å². The van der Waals surface area contributed by atoms with Gasteiger partial charge in [-0.25, -0.2) is 4.79 Å². The summed E-state index contributed by atoms with van der Waals surface area (Å²) in [5.41, 5.74) is -0.190. The first-order valence-corrected chi connectivity index (χ1v) is 7.35. The molecule has 1 N–H and O–H groups in total. The Bertz CT molecular complexity index is 737. The number of nitrogens with zero attached hydrogens (tertiary/aromatic N) is 2. The largest absolute Gasteiger partial charge is 0.434 e. The van der Waals surface area contributed by atoms with Crippen LogP contribution in [0.25, 0.3) is 0 Å². The molecule has 0 bridgehead atoms. The molecule has 1 aromatic rings. The van der Waals surface area contributed by atoms with E-state index in [-0.39, 0.29) is 24.5 Å². The lowest BCUT2D eigenvalue weighted by Crippen LogP contribution is -2.35. The van der Waals surface area contributed by atoms with Gasteiger partial charge in [0.1, 0.15) is 0 Å². The zero-order valence-electron chi connectivity index (χ0n) is 13.0. The Morgan fingerprint density at radius 3 is 2.75 bits per heavy atom. The minimum absolute atomic E-state index is 0.0890. The molecule has 2 heterocycles. The zero-order valence-corrected chi connectivity index (χ0v) is 13.0. The number of carbonyl (C=O) groups is 3. The quantitative estimate of drug-likeness (QED) is 0.898. The monoisotopic (exact) mass is 339 g/mol. The maximum Gasteiger partial charge on any atom is 0.415 e. The number of carbonyl (C=O) groups excluding carboxylic acids is 3. The van der Waals surface area contributed by atoms with Crippen LogP contribution in [0.4, 0.5) is 25.0 Å². The van der Waals surface area contributed by atoms with E-state index in [0.29, 0.717) is 0 Å². The minimum atomic E-state index is -3.65. The molecule has 3 rings (SSSR count). The molecule has 2 aliphatic heterocycles. The van der Waals surface area contributed by atoms with E-state index in [2.05, 4.69) is 5.32 Å². The molecule has 1 aromatic carbocycles. The van der Waals surface area contributed by atoms with Crippen LogP contribution in [0.1, 0.15) is 12.5 Å². The summed E-state index contributed by atoms with van der Waals surface area (Å²) in [6.07, 6.45) is -1.81. The van der Waals surface area contributed by atoms with Gasteiger partial charge in [0.15, 0.2) is 6.10 Å². The molecular weight excluding hydrogens is 324 g/mol. The normalized spacial score (nSPS) is 21.8. The number of anilines is 2. The number of ether oxygens (including phenoxy) is 1. The Morgan fingerprint density at radius 1 is 1.42 bits per heavy atom. The van der Waals surface area contributed by atoms with Gasteiger partial charge in [-0.15, -0.1) is 0 Å². The number of cyclic esters (lactones) is 1. The van der Waals surface area contributed by atoms with Crippen molar-refractivity contribution < 1.29 is 27.9 Å². The third-order valence-electron chi connectivity index (χ3n) is 4.10. The molecular formula is C15H15F2N3O4. The lowest BCUT2D eigenvalue weighted by molar-refractivity contribution is -0.141. The molecule has 24 heavy (non-hydrogen) atoms. The van der Waals surface area contributed by atoms with E-state index in [1.807, 2.05) is 0 Å². The highest BCUT2D eigenvalue weighted by molar-refractivity contribution is 6.06. The van der Waals surface area contributed by atoms with Crippen LogP contribution in [0.3, 0.4) is 0 Å². The fourth-order valence-corrected chi connectivity index (χ4v) is 2.86. The topological polar surface area (TPSA) is 79.0 Å². The Hall–Kier alpha value is -2.71. The number of fused-ring (bicyclic) bond motifs is 1. The van der Waals surface area contributed by atoms with Gasteiger partial charge >= 0.3 is 17.9 Å². The van der Waals surface area contributed by atoms with E-state index in [0.717, 1.165) is 15.9 Å². The van der Waals surface area contributed by atoms with Crippen molar-refractivity contribution in [1.82, 2.24) is 5.32 Å². The van der Waals surface area contributed by atoms with Crippen molar-refractivity contribution in [2.75, 3.05) is 29.9 Å². The number of nitrogens with one attached hydrogen (secondary N) is 1. The number of likely N-dealkylation sites (N-methyl/N-ethyl adjacent to an activating group) is 2. The summed E-state index contributed by atoms with van der Waals surface area (Å²) < 4.78 is 33.3. The molecule has 1 fully saturated rings. The lowest BCUT2D eigenvalue weighted by atomic mass is 10.1. The van der Waals surface area contributed by atoms with E-state index in [1.165, 1.54) is 19.2 Å². The highest BCUT2D eigenvalue weighted by atomic mass is 19.3. The first-order chi connectivity index (χ1) is 11.3. The summed E-state index contributed by atoms with van der Waals surface area (Å²) in [6, 6.07) is 3.91. The minimum Gasteiger partial charge on any atom is -0.434 e. The van der Waals surface area contributed by atoms with Gasteiger partial charge in [0.25, 0.3) is 5.91 Å². The molecule has 1 saturated heterocycles. The molecule has 9 heteroatoms. The van der Waals surface area contributed by atoms with E-state index >= 15 is 0 Å². The number of alkyl halides is 2. The predicted octanol–water partition coefficient (Wildman–Crippen LogP) is 1.22. The van der Waals surface area contributed by atoms with Crippen molar-refractivity contribution in [3.8, 4) is 0 Å². The number of hydrogen-bond donors (Lipinski definition) is 1. The van der Waals surface area contributed by atoms with Crippen molar-refractivity contribution in [3.63, 3.8) is 0 Å². The van der Waals surface area contributed by atoms with Gasteiger partial charge in [-0.1, -0.05) is 0 Å². The second-order valence-corrected chi connectivity index (χ2v) is 5.42. The second-order valence-electron chi connectivity index (χ2n) is 5.42. The maximum atomic E-state index is 14.2. The van der Waals surface area contributed by atoms with E-state index in [1.54, 1.807) is 6.92 Å². The summed E-state index contributed by atoms with van der Waals surface area (Å²) in [6.45, 7) is 1.63. The van der Waals surface area contributed by atoms with Gasteiger partial charge in [0.2, 0.25) is 0 Å². The standard InChI is InChI=1S/C15H15F2N3O4/c1-3-19-10-5-4-8(6-9(10)15(16,17)13(19)22)20-7-11(12(21)18-2)24-14(20)23/h4-6,11H,3,7H2,1-2H3,(H,18,21)/t11-/m1/s1.